The van der Waals surface area contributed by atoms with Gasteiger partial charge in [-0.3, -0.25) is 0 Å². The predicted octanol–water partition coefficient (Wildman–Crippen LogP) is 2.33. The Bertz CT molecular complexity index is 568. The molecule has 0 spiro atoms. The van der Waals surface area contributed by atoms with Crippen molar-refractivity contribution in [2.75, 3.05) is 18.8 Å². The standard InChI is InChI=1S/C14H26N4O3S/c1-4-7-10-17(9-6-3)14(19)18-12-15-13(16-18)22(20,21)11-8-5-2/h12H,4-11H2,1-3H3. The van der Waals surface area contributed by atoms with E-state index < -0.39 is 9.84 Å². The second-order valence-corrected chi connectivity index (χ2v) is 7.27. The molecule has 0 aliphatic rings. The number of carbonyl (C=O) groups is 1. The van der Waals surface area contributed by atoms with E-state index in [0.29, 0.717) is 19.5 Å². The van der Waals surface area contributed by atoms with Crippen molar-refractivity contribution < 1.29 is 13.2 Å². The molecule has 0 N–H and O–H groups in total. The predicted molar refractivity (Wildman–Crippen MR) is 84.5 cm³/mol. The molecule has 22 heavy (non-hydrogen) atoms. The Kier molecular flexibility index (Phi) is 7.50. The van der Waals surface area contributed by atoms with Crippen molar-refractivity contribution in [3.63, 3.8) is 0 Å². The lowest BCUT2D eigenvalue weighted by Crippen LogP contribution is -2.36. The maximum atomic E-state index is 12.4. The number of amides is 1. The van der Waals surface area contributed by atoms with E-state index in [1.165, 1.54) is 6.33 Å². The molecule has 1 heterocycles. The van der Waals surface area contributed by atoms with Crippen LogP contribution in [0.3, 0.4) is 0 Å². The number of sulfone groups is 1. The molecule has 0 fully saturated rings. The third-order valence-corrected chi connectivity index (χ3v) is 4.83. The van der Waals surface area contributed by atoms with Gasteiger partial charge in [0.25, 0.3) is 5.16 Å². The minimum absolute atomic E-state index is 0.0101. The molecule has 0 saturated heterocycles. The summed E-state index contributed by atoms with van der Waals surface area (Å²) >= 11 is 0. The van der Waals surface area contributed by atoms with Gasteiger partial charge in [0.05, 0.1) is 5.75 Å². The van der Waals surface area contributed by atoms with E-state index in [4.69, 9.17) is 0 Å². The molecule has 0 radical (unpaired) electrons. The average Bonchev–Trinajstić information content (AvgIpc) is 2.99. The zero-order valence-corrected chi connectivity index (χ0v) is 14.5. The van der Waals surface area contributed by atoms with Gasteiger partial charge in [-0.05, 0) is 19.3 Å². The van der Waals surface area contributed by atoms with Gasteiger partial charge in [0, 0.05) is 13.1 Å². The van der Waals surface area contributed by atoms with Gasteiger partial charge >= 0.3 is 6.03 Å². The minimum atomic E-state index is -3.50. The highest BCUT2D eigenvalue weighted by atomic mass is 32.2. The minimum Gasteiger partial charge on any atom is -0.323 e. The fraction of sp³-hybridized carbons (Fsp3) is 0.786. The highest BCUT2D eigenvalue weighted by molar-refractivity contribution is 7.91. The molecule has 1 rings (SSSR count). The summed E-state index contributed by atoms with van der Waals surface area (Å²) in [4.78, 5) is 17.9. The SMILES string of the molecule is CCCCN(CCC)C(=O)n1cnc(S(=O)(=O)CCCC)n1. The molecular weight excluding hydrogens is 304 g/mol. The second-order valence-electron chi connectivity index (χ2n) is 5.27. The van der Waals surface area contributed by atoms with Crippen molar-refractivity contribution in [1.82, 2.24) is 19.7 Å². The lowest BCUT2D eigenvalue weighted by molar-refractivity contribution is 0.195. The molecule has 0 aliphatic heterocycles. The fourth-order valence-corrected chi connectivity index (χ4v) is 3.25. The second kappa shape index (κ2) is 8.87. The maximum Gasteiger partial charge on any atom is 0.346 e. The maximum absolute atomic E-state index is 12.4. The van der Waals surface area contributed by atoms with Crippen LogP contribution in [0.25, 0.3) is 0 Å². The Balaban J connectivity index is 2.86. The van der Waals surface area contributed by atoms with Gasteiger partial charge in [0.15, 0.2) is 0 Å². The summed E-state index contributed by atoms with van der Waals surface area (Å²) in [6, 6.07) is -0.320. The van der Waals surface area contributed by atoms with Gasteiger partial charge in [0.1, 0.15) is 6.33 Å². The summed E-state index contributed by atoms with van der Waals surface area (Å²) in [6.07, 6.45) is 5.26. The molecule has 1 aromatic rings. The van der Waals surface area contributed by atoms with Gasteiger partial charge in [-0.15, -0.1) is 5.10 Å². The molecule has 1 aromatic heterocycles. The molecule has 0 saturated carbocycles. The van der Waals surface area contributed by atoms with Crippen LogP contribution in [-0.2, 0) is 9.84 Å². The highest BCUT2D eigenvalue weighted by Gasteiger charge is 2.22. The molecule has 0 atom stereocenters. The van der Waals surface area contributed by atoms with Crippen LogP contribution in [-0.4, -0.2) is 53.0 Å². The van der Waals surface area contributed by atoms with Crippen LogP contribution in [0.15, 0.2) is 11.5 Å². The van der Waals surface area contributed by atoms with Gasteiger partial charge in [-0.25, -0.2) is 18.2 Å². The number of rotatable bonds is 9. The summed E-state index contributed by atoms with van der Waals surface area (Å²) in [5.41, 5.74) is 0. The summed E-state index contributed by atoms with van der Waals surface area (Å²) in [7, 11) is -3.50. The number of carbonyl (C=O) groups excluding carboxylic acids is 1. The van der Waals surface area contributed by atoms with Crippen LogP contribution in [0, 0.1) is 0 Å². The summed E-state index contributed by atoms with van der Waals surface area (Å²) in [5, 5.41) is 3.61. The number of aromatic nitrogens is 3. The van der Waals surface area contributed by atoms with Gasteiger partial charge < -0.3 is 4.90 Å². The molecule has 0 unspecified atom stereocenters. The Morgan fingerprint density at radius 1 is 1.14 bits per heavy atom. The Labute approximate surface area is 132 Å². The van der Waals surface area contributed by atoms with Gasteiger partial charge in [-0.2, -0.15) is 4.68 Å². The first-order valence-electron chi connectivity index (χ1n) is 7.89. The lowest BCUT2D eigenvalue weighted by atomic mass is 10.3. The van der Waals surface area contributed by atoms with Crippen LogP contribution in [0.5, 0.6) is 0 Å². The molecule has 0 aromatic carbocycles. The van der Waals surface area contributed by atoms with Crippen molar-refractivity contribution in [2.24, 2.45) is 0 Å². The smallest absolute Gasteiger partial charge is 0.323 e. The van der Waals surface area contributed by atoms with Crippen molar-refractivity contribution in [1.29, 1.82) is 0 Å². The van der Waals surface area contributed by atoms with Crippen LogP contribution in [0.2, 0.25) is 0 Å². The van der Waals surface area contributed by atoms with E-state index in [1.807, 2.05) is 13.8 Å². The third-order valence-electron chi connectivity index (χ3n) is 3.26. The molecule has 1 amide bonds. The van der Waals surface area contributed by atoms with Crippen LogP contribution < -0.4 is 0 Å². The average molecular weight is 330 g/mol. The quantitative estimate of drug-likeness (QED) is 0.693. The molecule has 126 valence electrons. The fourth-order valence-electron chi connectivity index (χ4n) is 1.98. The van der Waals surface area contributed by atoms with Crippen molar-refractivity contribution in [3.05, 3.63) is 6.33 Å². The Hall–Kier alpha value is -1.44. The highest BCUT2D eigenvalue weighted by Crippen LogP contribution is 2.08. The first-order valence-corrected chi connectivity index (χ1v) is 9.55. The van der Waals surface area contributed by atoms with Crippen molar-refractivity contribution in [2.45, 2.75) is 58.0 Å². The zero-order valence-electron chi connectivity index (χ0n) is 13.7. The first-order chi connectivity index (χ1) is 10.5. The van der Waals surface area contributed by atoms with Crippen molar-refractivity contribution in [3.8, 4) is 0 Å². The van der Waals surface area contributed by atoms with E-state index in [9.17, 15) is 13.2 Å². The molecule has 0 bridgehead atoms. The zero-order chi connectivity index (χ0) is 16.6. The lowest BCUT2D eigenvalue weighted by Gasteiger charge is -2.20. The molecule has 7 nitrogen and oxygen atoms in total. The van der Waals surface area contributed by atoms with Gasteiger partial charge in [-0.1, -0.05) is 33.6 Å². The van der Waals surface area contributed by atoms with E-state index in [0.717, 1.165) is 30.4 Å². The summed E-state index contributed by atoms with van der Waals surface area (Å²) in [6.45, 7) is 7.23. The van der Waals surface area contributed by atoms with E-state index in [-0.39, 0.29) is 16.9 Å². The van der Waals surface area contributed by atoms with Crippen molar-refractivity contribution >= 4 is 15.9 Å². The first kappa shape index (κ1) is 18.6. The van der Waals surface area contributed by atoms with Crippen LogP contribution >= 0.6 is 0 Å². The number of hydrogen-bond donors (Lipinski definition) is 0. The monoisotopic (exact) mass is 330 g/mol. The molecular formula is C14H26N4O3S. The normalized spacial score (nSPS) is 11.6. The van der Waals surface area contributed by atoms with E-state index in [1.54, 1.807) is 4.90 Å². The summed E-state index contributed by atoms with van der Waals surface area (Å²) < 4.78 is 25.1. The Morgan fingerprint density at radius 2 is 1.82 bits per heavy atom. The Morgan fingerprint density at radius 3 is 2.41 bits per heavy atom. The van der Waals surface area contributed by atoms with Crippen LogP contribution in [0.4, 0.5) is 4.79 Å². The number of nitrogens with zero attached hydrogens (tertiary/aromatic N) is 4. The summed E-state index contributed by atoms with van der Waals surface area (Å²) in [5.74, 6) is 0.0101. The molecule has 8 heteroatoms. The van der Waals surface area contributed by atoms with Crippen LogP contribution in [0.1, 0.15) is 52.9 Å². The van der Waals surface area contributed by atoms with E-state index in [2.05, 4.69) is 17.0 Å². The number of hydrogen-bond acceptors (Lipinski definition) is 5. The number of unbranched alkanes of at least 4 members (excludes halogenated alkanes) is 2. The molecule has 0 aliphatic carbocycles. The van der Waals surface area contributed by atoms with E-state index >= 15 is 0 Å². The topological polar surface area (TPSA) is 85.2 Å². The van der Waals surface area contributed by atoms with Gasteiger partial charge in [0.2, 0.25) is 9.84 Å². The third kappa shape index (κ3) is 5.08. The largest absolute Gasteiger partial charge is 0.346 e.